The zero-order valence-electron chi connectivity index (χ0n) is 36.7. The molecule has 66 heavy (non-hydrogen) atoms. The SMILES string of the molecule is O=S(=O)(Nc1cc([C@@H](O)CNC(Cc2ccccc2)CC(c2ccc(OCc3ccccc3)cc2)c2ccc(OCc3ccccc3)cc2)ccc1OCc1ccccc1)c1ccccc1. The number of anilines is 1. The molecule has 8 rings (SSSR count). The van der Waals surface area contributed by atoms with E-state index in [1.165, 1.54) is 12.1 Å². The number of hydrogen-bond acceptors (Lipinski definition) is 7. The Labute approximate surface area is 388 Å². The monoisotopic (exact) mass is 894 g/mol. The molecule has 0 aliphatic carbocycles. The molecule has 8 aromatic carbocycles. The summed E-state index contributed by atoms with van der Waals surface area (Å²) in [4.78, 5) is 0.119. The van der Waals surface area contributed by atoms with Crippen LogP contribution in [0.25, 0.3) is 0 Å². The smallest absolute Gasteiger partial charge is 0.262 e. The summed E-state index contributed by atoms with van der Waals surface area (Å²) in [6.07, 6.45) is 0.423. The minimum atomic E-state index is -3.97. The van der Waals surface area contributed by atoms with Crippen molar-refractivity contribution in [2.24, 2.45) is 0 Å². The fourth-order valence-electron chi connectivity index (χ4n) is 7.86. The Morgan fingerprint density at radius 2 is 0.894 bits per heavy atom. The number of nitrogens with one attached hydrogen (secondary N) is 2. The fourth-order valence-corrected chi connectivity index (χ4v) is 8.94. The number of ether oxygens (including phenoxy) is 3. The molecule has 8 nitrogen and oxygen atoms in total. The first-order valence-corrected chi connectivity index (χ1v) is 23.7. The minimum Gasteiger partial charge on any atom is -0.489 e. The molecule has 9 heteroatoms. The summed E-state index contributed by atoms with van der Waals surface area (Å²) >= 11 is 0. The lowest BCUT2D eigenvalue weighted by molar-refractivity contribution is 0.168. The van der Waals surface area contributed by atoms with E-state index in [2.05, 4.69) is 70.7 Å². The summed E-state index contributed by atoms with van der Waals surface area (Å²) in [6.45, 7) is 1.39. The van der Waals surface area contributed by atoms with Crippen LogP contribution in [0.3, 0.4) is 0 Å². The molecule has 0 aliphatic heterocycles. The number of aliphatic hydroxyl groups excluding tert-OH is 1. The van der Waals surface area contributed by atoms with E-state index in [4.69, 9.17) is 14.2 Å². The Morgan fingerprint density at radius 3 is 1.38 bits per heavy atom. The second-order valence-corrected chi connectivity index (χ2v) is 17.9. The van der Waals surface area contributed by atoms with E-state index in [1.54, 1.807) is 36.4 Å². The Bertz CT molecular complexity index is 2710. The predicted molar refractivity (Wildman–Crippen MR) is 262 cm³/mol. The molecule has 0 aromatic heterocycles. The van der Waals surface area contributed by atoms with Crippen LogP contribution in [0.4, 0.5) is 5.69 Å². The highest BCUT2D eigenvalue weighted by Gasteiger charge is 2.24. The Kier molecular flexibility index (Phi) is 15.6. The molecule has 2 atom stereocenters. The maximum Gasteiger partial charge on any atom is 0.262 e. The molecular formula is C57H54N2O6S. The lowest BCUT2D eigenvalue weighted by Crippen LogP contribution is -2.36. The highest BCUT2D eigenvalue weighted by Crippen LogP contribution is 2.34. The number of hydrogen-bond donors (Lipinski definition) is 3. The van der Waals surface area contributed by atoms with Crippen molar-refractivity contribution in [1.82, 2.24) is 5.32 Å². The summed E-state index contributed by atoms with van der Waals surface area (Å²) in [5.74, 6) is 1.89. The van der Waals surface area contributed by atoms with Gasteiger partial charge in [-0.2, -0.15) is 0 Å². The van der Waals surface area contributed by atoms with Crippen LogP contribution in [0.1, 0.15) is 57.4 Å². The number of aliphatic hydroxyl groups is 1. The molecule has 0 spiro atoms. The Hall–Kier alpha value is -7.17. The largest absolute Gasteiger partial charge is 0.489 e. The van der Waals surface area contributed by atoms with E-state index in [-0.39, 0.29) is 35.7 Å². The van der Waals surface area contributed by atoms with Crippen LogP contribution in [-0.4, -0.2) is 26.1 Å². The molecular weight excluding hydrogens is 841 g/mol. The van der Waals surface area contributed by atoms with Crippen LogP contribution in [0.2, 0.25) is 0 Å². The number of benzene rings is 8. The molecule has 0 saturated carbocycles. The van der Waals surface area contributed by atoms with Gasteiger partial charge >= 0.3 is 0 Å². The van der Waals surface area contributed by atoms with Gasteiger partial charge in [-0.3, -0.25) is 4.72 Å². The summed E-state index contributed by atoms with van der Waals surface area (Å²) in [6, 6.07) is 70.2. The van der Waals surface area contributed by atoms with Gasteiger partial charge in [0.25, 0.3) is 10.0 Å². The number of rotatable bonds is 22. The topological polar surface area (TPSA) is 106 Å². The Balaban J connectivity index is 1.04. The summed E-state index contributed by atoms with van der Waals surface area (Å²) in [5.41, 5.74) is 7.32. The molecule has 0 amide bonds. The van der Waals surface area contributed by atoms with Gasteiger partial charge in [-0.05, 0) is 100 Å². The quantitative estimate of drug-likeness (QED) is 0.0622. The van der Waals surface area contributed by atoms with E-state index >= 15 is 0 Å². The van der Waals surface area contributed by atoms with Crippen LogP contribution in [0.5, 0.6) is 17.2 Å². The van der Waals surface area contributed by atoms with E-state index in [0.29, 0.717) is 37.4 Å². The van der Waals surface area contributed by atoms with Crippen molar-refractivity contribution in [3.63, 3.8) is 0 Å². The third-order valence-corrected chi connectivity index (χ3v) is 12.8. The van der Waals surface area contributed by atoms with Crippen molar-refractivity contribution in [3.05, 3.63) is 257 Å². The van der Waals surface area contributed by atoms with Crippen molar-refractivity contribution < 1.29 is 27.7 Å². The van der Waals surface area contributed by atoms with Crippen LogP contribution in [-0.2, 0) is 36.3 Å². The first-order chi connectivity index (χ1) is 32.3. The normalized spacial score (nSPS) is 12.3. The second-order valence-electron chi connectivity index (χ2n) is 16.2. The molecule has 0 bridgehead atoms. The van der Waals surface area contributed by atoms with Crippen LogP contribution in [0.15, 0.2) is 223 Å². The molecule has 0 heterocycles. The van der Waals surface area contributed by atoms with E-state index in [0.717, 1.165) is 44.9 Å². The highest BCUT2D eigenvalue weighted by atomic mass is 32.2. The van der Waals surface area contributed by atoms with Gasteiger partial charge < -0.3 is 24.6 Å². The van der Waals surface area contributed by atoms with Gasteiger partial charge in [0.05, 0.1) is 16.7 Å². The van der Waals surface area contributed by atoms with Gasteiger partial charge in [0, 0.05) is 18.5 Å². The average Bonchev–Trinajstić information content (AvgIpc) is 3.37. The third-order valence-electron chi connectivity index (χ3n) is 11.4. The van der Waals surface area contributed by atoms with Gasteiger partial charge in [-0.15, -0.1) is 0 Å². The standard InChI is InChI=1S/C57H54N2O6S/c60-56(49-30-35-57(65-42-46-22-12-4-13-23-46)55(37-49)59-66(61,62)53-24-14-5-15-25-53)39-58-50(36-43-16-6-1-7-17-43)38-54(47-26-31-51(32-27-47)63-40-44-18-8-2-9-19-44)48-28-33-52(34-29-48)64-41-45-20-10-3-11-21-45/h1-35,37,50,54,56,58-60H,36,38-42H2/t50?,56-/m0/s1. The fraction of sp³-hybridized carbons (Fsp3) is 0.158. The summed E-state index contributed by atoms with van der Waals surface area (Å²) < 4.78 is 48.5. The molecule has 0 saturated heterocycles. The lowest BCUT2D eigenvalue weighted by atomic mass is 9.84. The molecule has 0 aliphatic rings. The van der Waals surface area contributed by atoms with Gasteiger partial charge in [-0.25, -0.2) is 8.42 Å². The number of sulfonamides is 1. The molecule has 0 fully saturated rings. The zero-order chi connectivity index (χ0) is 45.4. The van der Waals surface area contributed by atoms with E-state index in [1.807, 2.05) is 109 Å². The van der Waals surface area contributed by atoms with Gasteiger partial charge in [0.1, 0.15) is 37.1 Å². The maximum absolute atomic E-state index is 13.6. The van der Waals surface area contributed by atoms with Crippen molar-refractivity contribution >= 4 is 15.7 Å². The Morgan fingerprint density at radius 1 is 0.470 bits per heavy atom. The first kappa shape index (κ1) is 45.4. The minimum absolute atomic E-state index is 0.0326. The van der Waals surface area contributed by atoms with Crippen molar-refractivity contribution in [3.8, 4) is 17.2 Å². The van der Waals surface area contributed by atoms with Crippen molar-refractivity contribution in [2.75, 3.05) is 11.3 Å². The van der Waals surface area contributed by atoms with Crippen LogP contribution < -0.4 is 24.2 Å². The van der Waals surface area contributed by atoms with E-state index in [9.17, 15) is 13.5 Å². The average molecular weight is 895 g/mol. The van der Waals surface area contributed by atoms with Gasteiger partial charge in [0.2, 0.25) is 0 Å². The predicted octanol–water partition coefficient (Wildman–Crippen LogP) is 11.7. The summed E-state index contributed by atoms with van der Waals surface area (Å²) in [7, 11) is -3.97. The molecule has 1 unspecified atom stereocenters. The van der Waals surface area contributed by atoms with E-state index < -0.39 is 16.1 Å². The van der Waals surface area contributed by atoms with Crippen LogP contribution >= 0.6 is 0 Å². The maximum atomic E-state index is 13.6. The van der Waals surface area contributed by atoms with Crippen LogP contribution in [0, 0.1) is 0 Å². The third kappa shape index (κ3) is 13.0. The van der Waals surface area contributed by atoms with Crippen molar-refractivity contribution in [1.29, 1.82) is 0 Å². The molecule has 334 valence electrons. The second kappa shape index (κ2) is 22.6. The zero-order valence-corrected chi connectivity index (χ0v) is 37.5. The molecule has 8 aromatic rings. The molecule has 3 N–H and O–H groups in total. The summed E-state index contributed by atoms with van der Waals surface area (Å²) in [5, 5.41) is 15.6. The lowest BCUT2D eigenvalue weighted by Gasteiger charge is -2.27. The van der Waals surface area contributed by atoms with Gasteiger partial charge in [-0.1, -0.05) is 170 Å². The van der Waals surface area contributed by atoms with Crippen molar-refractivity contribution in [2.45, 2.75) is 55.6 Å². The molecule has 0 radical (unpaired) electrons. The highest BCUT2D eigenvalue weighted by molar-refractivity contribution is 7.92. The first-order valence-electron chi connectivity index (χ1n) is 22.2. The van der Waals surface area contributed by atoms with Gasteiger partial charge in [0.15, 0.2) is 0 Å².